The number of ether oxygens (including phenoxy) is 3. The molecule has 0 fully saturated rings. The molecular formula is C19H16ClNO5. The summed E-state index contributed by atoms with van der Waals surface area (Å²) in [7, 11) is 0. The number of hydrogen-bond acceptors (Lipinski definition) is 5. The lowest BCUT2D eigenvalue weighted by molar-refractivity contribution is -0.142. The number of anilines is 1. The van der Waals surface area contributed by atoms with Gasteiger partial charge in [-0.3, -0.25) is 4.79 Å². The maximum atomic E-state index is 11.9. The standard InChI is InChI=1S/C19H16ClNO5/c1-12-2-5-14(20)9-15(12)21-18(22)10-24-19(23)7-4-13-3-6-16-17(8-13)26-11-25-16/h2-9H,10-11H2,1H3,(H,21,22). The average Bonchev–Trinajstić information content (AvgIpc) is 3.09. The van der Waals surface area contributed by atoms with Gasteiger partial charge in [-0.2, -0.15) is 0 Å². The molecule has 0 unspecified atom stereocenters. The van der Waals surface area contributed by atoms with Gasteiger partial charge in [0, 0.05) is 16.8 Å². The fourth-order valence-corrected chi connectivity index (χ4v) is 2.45. The van der Waals surface area contributed by atoms with E-state index in [0.29, 0.717) is 22.2 Å². The molecule has 1 N–H and O–H groups in total. The molecular weight excluding hydrogens is 358 g/mol. The second-order valence-corrected chi connectivity index (χ2v) is 6.00. The van der Waals surface area contributed by atoms with Gasteiger partial charge in [-0.25, -0.2) is 4.79 Å². The smallest absolute Gasteiger partial charge is 0.331 e. The topological polar surface area (TPSA) is 73.9 Å². The van der Waals surface area contributed by atoms with Gasteiger partial charge in [-0.1, -0.05) is 23.7 Å². The second kappa shape index (κ2) is 7.93. The molecule has 0 bridgehead atoms. The van der Waals surface area contributed by atoms with Gasteiger partial charge in [0.25, 0.3) is 5.91 Å². The van der Waals surface area contributed by atoms with Crippen LogP contribution in [-0.2, 0) is 14.3 Å². The van der Waals surface area contributed by atoms with Crippen LogP contribution in [-0.4, -0.2) is 25.3 Å². The minimum absolute atomic E-state index is 0.186. The predicted octanol–water partition coefficient (Wildman–Crippen LogP) is 3.57. The van der Waals surface area contributed by atoms with Gasteiger partial charge in [0.1, 0.15) is 0 Å². The zero-order valence-corrected chi connectivity index (χ0v) is 14.7. The van der Waals surface area contributed by atoms with Gasteiger partial charge < -0.3 is 19.5 Å². The van der Waals surface area contributed by atoms with Crippen LogP contribution in [0.15, 0.2) is 42.5 Å². The maximum absolute atomic E-state index is 11.9. The number of fused-ring (bicyclic) bond motifs is 1. The Hall–Kier alpha value is -2.99. The number of nitrogens with one attached hydrogen (secondary N) is 1. The van der Waals surface area contributed by atoms with Crippen LogP contribution in [0.3, 0.4) is 0 Å². The van der Waals surface area contributed by atoms with Crippen LogP contribution >= 0.6 is 11.6 Å². The molecule has 0 atom stereocenters. The number of rotatable bonds is 5. The Kier molecular flexibility index (Phi) is 5.43. The minimum atomic E-state index is -0.624. The van der Waals surface area contributed by atoms with E-state index >= 15 is 0 Å². The highest BCUT2D eigenvalue weighted by Crippen LogP contribution is 2.32. The van der Waals surface area contributed by atoms with Crippen molar-refractivity contribution in [2.75, 3.05) is 18.7 Å². The van der Waals surface area contributed by atoms with Crippen molar-refractivity contribution in [2.45, 2.75) is 6.92 Å². The number of halogens is 1. The summed E-state index contributed by atoms with van der Waals surface area (Å²) in [5.74, 6) is 0.218. The molecule has 0 saturated carbocycles. The number of carbonyl (C=O) groups excluding carboxylic acids is 2. The van der Waals surface area contributed by atoms with Crippen LogP contribution in [0.1, 0.15) is 11.1 Å². The average molecular weight is 374 g/mol. The monoisotopic (exact) mass is 373 g/mol. The van der Waals surface area contributed by atoms with Crippen molar-refractivity contribution in [3.8, 4) is 11.5 Å². The van der Waals surface area contributed by atoms with E-state index in [1.165, 1.54) is 6.08 Å². The van der Waals surface area contributed by atoms with Gasteiger partial charge in [-0.15, -0.1) is 0 Å². The summed E-state index contributed by atoms with van der Waals surface area (Å²) in [5, 5.41) is 3.16. The van der Waals surface area contributed by atoms with Crippen LogP contribution in [0.5, 0.6) is 11.5 Å². The molecule has 0 aliphatic carbocycles. The van der Waals surface area contributed by atoms with Crippen LogP contribution in [0.2, 0.25) is 5.02 Å². The molecule has 1 aliphatic rings. The summed E-state index contributed by atoms with van der Waals surface area (Å²) in [5.41, 5.74) is 2.19. The van der Waals surface area contributed by atoms with Crippen LogP contribution < -0.4 is 14.8 Å². The van der Waals surface area contributed by atoms with Gasteiger partial charge >= 0.3 is 5.97 Å². The largest absolute Gasteiger partial charge is 0.454 e. The third kappa shape index (κ3) is 4.55. The Morgan fingerprint density at radius 3 is 2.85 bits per heavy atom. The molecule has 2 aromatic carbocycles. The summed E-state index contributed by atoms with van der Waals surface area (Å²) >= 11 is 5.90. The van der Waals surface area contributed by atoms with Crippen molar-refractivity contribution in [1.82, 2.24) is 0 Å². The molecule has 0 aromatic heterocycles. The number of aryl methyl sites for hydroxylation is 1. The van der Waals surface area contributed by atoms with Crippen LogP contribution in [0, 0.1) is 6.92 Å². The minimum Gasteiger partial charge on any atom is -0.454 e. The molecule has 26 heavy (non-hydrogen) atoms. The lowest BCUT2D eigenvalue weighted by Gasteiger charge is -2.08. The normalized spacial score (nSPS) is 12.2. The molecule has 2 aromatic rings. The fourth-order valence-electron chi connectivity index (χ4n) is 2.28. The quantitative estimate of drug-likeness (QED) is 0.640. The number of benzene rings is 2. The molecule has 3 rings (SSSR count). The Balaban J connectivity index is 1.50. The van der Waals surface area contributed by atoms with Crippen molar-refractivity contribution in [2.24, 2.45) is 0 Å². The van der Waals surface area contributed by atoms with Crippen LogP contribution in [0.25, 0.3) is 6.08 Å². The van der Waals surface area contributed by atoms with Crippen molar-refractivity contribution >= 4 is 35.2 Å². The van der Waals surface area contributed by atoms with Gasteiger partial charge in [-0.05, 0) is 48.4 Å². The molecule has 1 heterocycles. The predicted molar refractivity (Wildman–Crippen MR) is 97.4 cm³/mol. The highest BCUT2D eigenvalue weighted by atomic mass is 35.5. The van der Waals surface area contributed by atoms with E-state index in [2.05, 4.69) is 5.32 Å². The van der Waals surface area contributed by atoms with Gasteiger partial charge in [0.2, 0.25) is 6.79 Å². The summed E-state index contributed by atoms with van der Waals surface area (Å²) in [4.78, 5) is 23.7. The van der Waals surface area contributed by atoms with E-state index in [4.69, 9.17) is 25.8 Å². The molecule has 0 saturated heterocycles. The number of amides is 1. The van der Waals surface area contributed by atoms with Gasteiger partial charge in [0.05, 0.1) is 0 Å². The molecule has 134 valence electrons. The van der Waals surface area contributed by atoms with E-state index in [0.717, 1.165) is 11.1 Å². The lowest BCUT2D eigenvalue weighted by atomic mass is 10.2. The summed E-state index contributed by atoms with van der Waals surface area (Å²) in [6, 6.07) is 10.4. The van der Waals surface area contributed by atoms with E-state index in [-0.39, 0.29) is 6.79 Å². The highest BCUT2D eigenvalue weighted by Gasteiger charge is 2.12. The number of carbonyl (C=O) groups is 2. The number of hydrogen-bond donors (Lipinski definition) is 1. The van der Waals surface area contributed by atoms with Crippen molar-refractivity contribution < 1.29 is 23.8 Å². The molecule has 1 aliphatic heterocycles. The SMILES string of the molecule is Cc1ccc(Cl)cc1NC(=O)COC(=O)C=Cc1ccc2c(c1)OCO2. The highest BCUT2D eigenvalue weighted by molar-refractivity contribution is 6.31. The second-order valence-electron chi connectivity index (χ2n) is 5.56. The van der Waals surface area contributed by atoms with Crippen molar-refractivity contribution in [1.29, 1.82) is 0 Å². The zero-order chi connectivity index (χ0) is 18.5. The third-order valence-electron chi connectivity index (χ3n) is 3.63. The Bertz CT molecular complexity index is 878. The molecule has 6 nitrogen and oxygen atoms in total. The van der Waals surface area contributed by atoms with E-state index < -0.39 is 18.5 Å². The molecule has 7 heteroatoms. The fraction of sp³-hybridized carbons (Fsp3) is 0.158. The van der Waals surface area contributed by atoms with E-state index in [9.17, 15) is 9.59 Å². The summed E-state index contributed by atoms with van der Waals surface area (Å²) in [6.07, 6.45) is 2.82. The number of esters is 1. The van der Waals surface area contributed by atoms with Crippen molar-refractivity contribution in [3.63, 3.8) is 0 Å². The zero-order valence-electron chi connectivity index (χ0n) is 14.0. The first-order chi connectivity index (χ1) is 12.5. The van der Waals surface area contributed by atoms with Crippen LogP contribution in [0.4, 0.5) is 5.69 Å². The maximum Gasteiger partial charge on any atom is 0.331 e. The lowest BCUT2D eigenvalue weighted by Crippen LogP contribution is -2.20. The molecule has 1 amide bonds. The Labute approximate surface area is 155 Å². The van der Waals surface area contributed by atoms with Gasteiger partial charge in [0.15, 0.2) is 18.1 Å². The van der Waals surface area contributed by atoms with E-state index in [1.54, 1.807) is 42.5 Å². The first-order valence-electron chi connectivity index (χ1n) is 7.82. The first kappa shape index (κ1) is 17.8. The Morgan fingerprint density at radius 2 is 2.00 bits per heavy atom. The third-order valence-corrected chi connectivity index (χ3v) is 3.86. The molecule has 0 spiro atoms. The van der Waals surface area contributed by atoms with Crippen molar-refractivity contribution in [3.05, 3.63) is 58.6 Å². The summed E-state index contributed by atoms with van der Waals surface area (Å²) < 4.78 is 15.4. The van der Waals surface area contributed by atoms with E-state index in [1.807, 2.05) is 6.92 Å². The first-order valence-corrected chi connectivity index (χ1v) is 8.19. The molecule has 0 radical (unpaired) electrons. The summed E-state index contributed by atoms with van der Waals surface area (Å²) in [6.45, 7) is 1.63. The Morgan fingerprint density at radius 1 is 1.19 bits per heavy atom.